The van der Waals surface area contributed by atoms with E-state index in [0.717, 1.165) is 10.7 Å². The standard InChI is InChI=1S/C29H32Cl2F4N4O4/c1-26(2,3)42-21(40)14-39-20-13-16(7-8-17(20)24(37-39)29(33,34)35)36-28(22-19(32)10-9-18(30)23(22)31)11-12-38(15-28)25(41)43-27(4,5)6/h7-10,13,36H,11-12,14-15H2,1-6H3. The van der Waals surface area contributed by atoms with E-state index in [1.807, 2.05) is 0 Å². The molecule has 1 atom stereocenters. The monoisotopic (exact) mass is 646 g/mol. The lowest BCUT2D eigenvalue weighted by Gasteiger charge is -2.34. The fourth-order valence-corrected chi connectivity index (χ4v) is 5.47. The summed E-state index contributed by atoms with van der Waals surface area (Å²) in [6.07, 6.45) is -5.27. The van der Waals surface area contributed by atoms with Gasteiger partial charge in [-0.1, -0.05) is 23.2 Å². The van der Waals surface area contributed by atoms with Gasteiger partial charge in [0.25, 0.3) is 0 Å². The van der Waals surface area contributed by atoms with Gasteiger partial charge < -0.3 is 19.7 Å². The zero-order valence-electron chi connectivity index (χ0n) is 24.5. The summed E-state index contributed by atoms with van der Waals surface area (Å²) in [5.41, 5.74) is -3.94. The molecule has 1 fully saturated rings. The van der Waals surface area contributed by atoms with Crippen LogP contribution in [-0.2, 0) is 32.5 Å². The fraction of sp³-hybridized carbons (Fsp3) is 0.483. The van der Waals surface area contributed by atoms with Crippen LogP contribution in [0.2, 0.25) is 10.0 Å². The second-order valence-electron chi connectivity index (χ2n) is 12.4. The Morgan fingerprint density at radius 1 is 1.02 bits per heavy atom. The SMILES string of the molecule is CC(C)(C)OC(=O)Cn1nc(C(F)(F)F)c2ccc(NC3(c4c(F)ccc(Cl)c4Cl)CCN(C(=O)OC(C)(C)C)C3)cc21. The number of fused-ring (bicyclic) bond motifs is 1. The van der Waals surface area contributed by atoms with E-state index < -0.39 is 53.0 Å². The van der Waals surface area contributed by atoms with E-state index >= 15 is 4.39 Å². The Balaban J connectivity index is 1.80. The third kappa shape index (κ3) is 7.29. The number of nitrogens with one attached hydrogen (secondary N) is 1. The average Bonchev–Trinajstić information content (AvgIpc) is 3.42. The van der Waals surface area contributed by atoms with Crippen molar-refractivity contribution < 1.29 is 36.6 Å². The highest BCUT2D eigenvalue weighted by Crippen LogP contribution is 2.44. The first-order valence-corrected chi connectivity index (χ1v) is 14.1. The van der Waals surface area contributed by atoms with Crippen LogP contribution in [0.4, 0.5) is 28.0 Å². The lowest BCUT2D eigenvalue weighted by Crippen LogP contribution is -2.42. The Labute approximate surface area is 256 Å². The van der Waals surface area contributed by atoms with Crippen LogP contribution in [0.25, 0.3) is 10.9 Å². The number of hydrogen-bond donors (Lipinski definition) is 1. The van der Waals surface area contributed by atoms with E-state index in [-0.39, 0.29) is 51.7 Å². The van der Waals surface area contributed by atoms with E-state index in [9.17, 15) is 22.8 Å². The second-order valence-corrected chi connectivity index (χ2v) is 13.2. The number of halogens is 6. The number of alkyl halides is 3. The highest BCUT2D eigenvalue weighted by Gasteiger charge is 2.46. The maximum atomic E-state index is 15.5. The number of amides is 1. The van der Waals surface area contributed by atoms with Gasteiger partial charge in [-0.15, -0.1) is 0 Å². The molecule has 3 aromatic rings. The molecular weight excluding hydrogens is 615 g/mol. The van der Waals surface area contributed by atoms with Crippen LogP contribution in [0, 0.1) is 5.82 Å². The second kappa shape index (κ2) is 11.4. The number of ether oxygens (including phenoxy) is 2. The van der Waals surface area contributed by atoms with Crippen LogP contribution >= 0.6 is 23.2 Å². The summed E-state index contributed by atoms with van der Waals surface area (Å²) in [5, 5.41) is 6.66. The van der Waals surface area contributed by atoms with Gasteiger partial charge in [-0.3, -0.25) is 9.48 Å². The first-order chi connectivity index (χ1) is 19.7. The number of rotatable bonds is 5. The van der Waals surface area contributed by atoms with Gasteiger partial charge in [0.1, 0.15) is 23.6 Å². The van der Waals surface area contributed by atoms with Gasteiger partial charge in [0, 0.05) is 23.2 Å². The smallest absolute Gasteiger partial charge is 0.435 e. The number of carbonyl (C=O) groups is 2. The molecule has 43 heavy (non-hydrogen) atoms. The minimum atomic E-state index is -4.80. The molecule has 1 amide bonds. The number of nitrogens with zero attached hydrogens (tertiary/aromatic N) is 3. The maximum Gasteiger partial charge on any atom is 0.435 e. The number of likely N-dealkylation sites (tertiary alicyclic amines) is 1. The summed E-state index contributed by atoms with van der Waals surface area (Å²) in [6, 6.07) is 6.42. The Morgan fingerprint density at radius 3 is 2.28 bits per heavy atom. The number of hydrogen-bond acceptors (Lipinski definition) is 6. The molecule has 0 aliphatic carbocycles. The van der Waals surface area contributed by atoms with Gasteiger partial charge in [-0.05, 0) is 78.3 Å². The van der Waals surface area contributed by atoms with E-state index in [2.05, 4.69) is 10.4 Å². The number of esters is 1. The van der Waals surface area contributed by atoms with Crippen molar-refractivity contribution in [2.75, 3.05) is 18.4 Å². The Hall–Kier alpha value is -3.25. The fourth-order valence-electron chi connectivity index (χ4n) is 4.98. The van der Waals surface area contributed by atoms with Gasteiger partial charge >= 0.3 is 18.2 Å². The van der Waals surface area contributed by atoms with Crippen molar-refractivity contribution in [2.45, 2.75) is 77.4 Å². The van der Waals surface area contributed by atoms with Crippen molar-refractivity contribution in [2.24, 2.45) is 0 Å². The summed E-state index contributed by atoms with van der Waals surface area (Å²) in [7, 11) is 0. The molecule has 8 nitrogen and oxygen atoms in total. The van der Waals surface area contributed by atoms with Gasteiger partial charge in [0.15, 0.2) is 5.69 Å². The summed E-state index contributed by atoms with van der Waals surface area (Å²) < 4.78 is 68.8. The van der Waals surface area contributed by atoms with E-state index in [1.165, 1.54) is 29.2 Å². The molecule has 2 heterocycles. The van der Waals surface area contributed by atoms with Crippen molar-refractivity contribution in [1.82, 2.24) is 14.7 Å². The molecule has 2 aromatic carbocycles. The molecule has 1 aliphatic heterocycles. The predicted molar refractivity (Wildman–Crippen MR) is 155 cm³/mol. The van der Waals surface area contributed by atoms with Crippen LogP contribution in [-0.4, -0.2) is 51.0 Å². The summed E-state index contributed by atoms with van der Waals surface area (Å²) in [5.74, 6) is -1.47. The highest BCUT2D eigenvalue weighted by atomic mass is 35.5. The maximum absolute atomic E-state index is 15.5. The van der Waals surface area contributed by atoms with Gasteiger partial charge in [-0.2, -0.15) is 18.3 Å². The lowest BCUT2D eigenvalue weighted by molar-refractivity contribution is -0.156. The quantitative estimate of drug-likeness (QED) is 0.173. The number of benzene rings is 2. The highest BCUT2D eigenvalue weighted by molar-refractivity contribution is 6.42. The van der Waals surface area contributed by atoms with Crippen molar-refractivity contribution in [1.29, 1.82) is 0 Å². The van der Waals surface area contributed by atoms with Crippen LogP contribution in [0.5, 0.6) is 0 Å². The third-order valence-electron chi connectivity index (χ3n) is 6.55. The summed E-state index contributed by atoms with van der Waals surface area (Å²) >= 11 is 12.8. The third-order valence-corrected chi connectivity index (χ3v) is 7.35. The molecule has 0 saturated carbocycles. The number of anilines is 1. The van der Waals surface area contributed by atoms with Crippen LogP contribution < -0.4 is 5.32 Å². The summed E-state index contributed by atoms with van der Waals surface area (Å²) in [4.78, 5) is 26.9. The van der Waals surface area contributed by atoms with Gasteiger partial charge in [0.05, 0.1) is 27.6 Å². The average molecular weight is 647 g/mol. The van der Waals surface area contributed by atoms with E-state index in [1.54, 1.807) is 41.5 Å². The molecule has 1 aliphatic rings. The molecular formula is C29H32Cl2F4N4O4. The van der Waals surface area contributed by atoms with E-state index in [0.29, 0.717) is 0 Å². The Morgan fingerprint density at radius 2 is 1.67 bits per heavy atom. The summed E-state index contributed by atoms with van der Waals surface area (Å²) in [6.45, 7) is 9.52. The first kappa shape index (κ1) is 32.7. The Kier molecular flexibility index (Phi) is 8.62. The van der Waals surface area contributed by atoms with Crippen molar-refractivity contribution in [3.8, 4) is 0 Å². The van der Waals surface area contributed by atoms with Crippen molar-refractivity contribution in [3.05, 3.63) is 57.5 Å². The largest absolute Gasteiger partial charge is 0.459 e. The molecule has 0 radical (unpaired) electrons. The zero-order chi connectivity index (χ0) is 32.1. The van der Waals surface area contributed by atoms with Gasteiger partial charge in [0.2, 0.25) is 0 Å². The molecule has 14 heteroatoms. The minimum Gasteiger partial charge on any atom is -0.459 e. The number of carbonyl (C=O) groups excluding carboxylic acids is 2. The van der Waals surface area contributed by atoms with Crippen molar-refractivity contribution >= 4 is 51.9 Å². The molecule has 234 valence electrons. The molecule has 1 aromatic heterocycles. The van der Waals surface area contributed by atoms with Crippen LogP contribution in [0.15, 0.2) is 30.3 Å². The molecule has 1 unspecified atom stereocenters. The van der Waals surface area contributed by atoms with Crippen molar-refractivity contribution in [3.63, 3.8) is 0 Å². The Bertz CT molecular complexity index is 1560. The zero-order valence-corrected chi connectivity index (χ0v) is 26.0. The van der Waals surface area contributed by atoms with Crippen LogP contribution in [0.3, 0.4) is 0 Å². The first-order valence-electron chi connectivity index (χ1n) is 13.4. The normalized spacial score (nSPS) is 17.8. The molecule has 1 saturated heterocycles. The minimum absolute atomic E-state index is 0.00827. The van der Waals surface area contributed by atoms with Gasteiger partial charge in [-0.25, -0.2) is 9.18 Å². The molecule has 0 bridgehead atoms. The topological polar surface area (TPSA) is 85.7 Å². The molecule has 0 spiro atoms. The van der Waals surface area contributed by atoms with E-state index in [4.69, 9.17) is 32.7 Å². The number of aromatic nitrogens is 2. The molecule has 1 N–H and O–H groups in total. The van der Waals surface area contributed by atoms with Crippen LogP contribution in [0.1, 0.15) is 59.2 Å². The predicted octanol–water partition coefficient (Wildman–Crippen LogP) is 7.79. The lowest BCUT2D eigenvalue weighted by atomic mass is 9.87. The molecule has 4 rings (SSSR count).